The minimum Gasteiger partial charge on any atom is -0.497 e. The monoisotopic (exact) mass is 309 g/mol. The Morgan fingerprint density at radius 2 is 1.83 bits per heavy atom. The van der Waals surface area contributed by atoms with Gasteiger partial charge in [0.15, 0.2) is 5.78 Å². The standard InChI is InChI=1S/C17H15N3O3/c1-11(21)15-10-20-9-13(5-8-16(20)19-15)18-17(22)12-3-6-14(23-2)7-4-12/h3-10H,1-2H3,(H,18,22). The fourth-order valence-electron chi connectivity index (χ4n) is 2.18. The lowest BCUT2D eigenvalue weighted by Crippen LogP contribution is -2.12. The number of hydrogen-bond donors (Lipinski definition) is 1. The minimum atomic E-state index is -0.223. The lowest BCUT2D eigenvalue weighted by molar-refractivity contribution is 0.100. The van der Waals surface area contributed by atoms with Crippen molar-refractivity contribution < 1.29 is 14.3 Å². The summed E-state index contributed by atoms with van der Waals surface area (Å²) in [6.07, 6.45) is 3.36. The number of ether oxygens (including phenoxy) is 1. The Bertz CT molecular complexity index is 882. The second-order valence-corrected chi connectivity index (χ2v) is 5.05. The Hall–Kier alpha value is -3.15. The quantitative estimate of drug-likeness (QED) is 0.752. The summed E-state index contributed by atoms with van der Waals surface area (Å²) < 4.78 is 6.78. The molecule has 116 valence electrons. The van der Waals surface area contributed by atoms with Crippen molar-refractivity contribution in [3.8, 4) is 5.75 Å². The van der Waals surface area contributed by atoms with E-state index < -0.39 is 0 Å². The molecule has 1 N–H and O–H groups in total. The third-order valence-electron chi connectivity index (χ3n) is 3.42. The molecule has 3 aromatic rings. The van der Waals surface area contributed by atoms with Crippen LogP contribution in [0, 0.1) is 0 Å². The topological polar surface area (TPSA) is 72.7 Å². The first-order valence-corrected chi connectivity index (χ1v) is 7.02. The SMILES string of the molecule is COc1ccc(C(=O)Nc2ccc3nc(C(C)=O)cn3c2)cc1. The molecule has 0 spiro atoms. The summed E-state index contributed by atoms with van der Waals surface area (Å²) in [6, 6.07) is 10.3. The minimum absolute atomic E-state index is 0.0995. The van der Waals surface area contributed by atoms with E-state index in [0.717, 1.165) is 0 Å². The number of carbonyl (C=O) groups is 2. The fourth-order valence-corrected chi connectivity index (χ4v) is 2.18. The Morgan fingerprint density at radius 3 is 2.48 bits per heavy atom. The second kappa shape index (κ2) is 5.92. The number of aromatic nitrogens is 2. The molecule has 0 aliphatic carbocycles. The Morgan fingerprint density at radius 1 is 1.09 bits per heavy atom. The Labute approximate surface area is 132 Å². The molecule has 1 aromatic carbocycles. The van der Waals surface area contributed by atoms with Crippen LogP contribution >= 0.6 is 0 Å². The molecule has 6 nitrogen and oxygen atoms in total. The molecule has 2 aromatic heterocycles. The van der Waals surface area contributed by atoms with Crippen LogP contribution in [0.4, 0.5) is 5.69 Å². The summed E-state index contributed by atoms with van der Waals surface area (Å²) in [4.78, 5) is 27.8. The molecule has 23 heavy (non-hydrogen) atoms. The van der Waals surface area contributed by atoms with Crippen LogP contribution in [0.15, 0.2) is 48.8 Å². The van der Waals surface area contributed by atoms with Crippen molar-refractivity contribution in [2.24, 2.45) is 0 Å². The van der Waals surface area contributed by atoms with Crippen molar-refractivity contribution in [2.75, 3.05) is 12.4 Å². The lowest BCUT2D eigenvalue weighted by atomic mass is 10.2. The number of nitrogens with one attached hydrogen (secondary N) is 1. The van der Waals surface area contributed by atoms with Crippen LogP contribution in [0.2, 0.25) is 0 Å². The number of nitrogens with zero attached hydrogens (tertiary/aromatic N) is 2. The van der Waals surface area contributed by atoms with E-state index in [2.05, 4.69) is 10.3 Å². The number of anilines is 1. The van der Waals surface area contributed by atoms with E-state index in [4.69, 9.17) is 4.74 Å². The first-order chi connectivity index (χ1) is 11.1. The van der Waals surface area contributed by atoms with Gasteiger partial charge in [-0.15, -0.1) is 0 Å². The van der Waals surface area contributed by atoms with Gasteiger partial charge in [0.2, 0.25) is 0 Å². The van der Waals surface area contributed by atoms with Gasteiger partial charge in [-0.3, -0.25) is 9.59 Å². The Kier molecular flexibility index (Phi) is 3.80. The van der Waals surface area contributed by atoms with Crippen molar-refractivity contribution in [2.45, 2.75) is 6.92 Å². The van der Waals surface area contributed by atoms with E-state index in [1.807, 2.05) is 0 Å². The summed E-state index contributed by atoms with van der Waals surface area (Å²) in [6.45, 7) is 1.47. The van der Waals surface area contributed by atoms with Gasteiger partial charge in [0.1, 0.15) is 17.1 Å². The maximum absolute atomic E-state index is 12.2. The maximum Gasteiger partial charge on any atom is 0.255 e. The Balaban J connectivity index is 1.82. The zero-order valence-electron chi connectivity index (χ0n) is 12.7. The second-order valence-electron chi connectivity index (χ2n) is 5.05. The molecule has 0 unspecified atom stereocenters. The van der Waals surface area contributed by atoms with Gasteiger partial charge >= 0.3 is 0 Å². The third-order valence-corrected chi connectivity index (χ3v) is 3.42. The number of amides is 1. The van der Waals surface area contributed by atoms with Crippen LogP contribution in [-0.4, -0.2) is 28.2 Å². The normalized spacial score (nSPS) is 10.5. The molecule has 0 fully saturated rings. The largest absolute Gasteiger partial charge is 0.497 e. The number of rotatable bonds is 4. The molecule has 3 rings (SSSR count). The molecule has 0 aliphatic heterocycles. The molecule has 1 amide bonds. The molecular weight excluding hydrogens is 294 g/mol. The van der Waals surface area contributed by atoms with E-state index in [-0.39, 0.29) is 11.7 Å². The van der Waals surface area contributed by atoms with Gasteiger partial charge in [-0.1, -0.05) is 0 Å². The highest BCUT2D eigenvalue weighted by Gasteiger charge is 2.09. The lowest BCUT2D eigenvalue weighted by Gasteiger charge is -2.06. The van der Waals surface area contributed by atoms with Crippen LogP contribution in [-0.2, 0) is 0 Å². The number of fused-ring (bicyclic) bond motifs is 1. The number of ketones is 1. The number of benzene rings is 1. The molecule has 0 aliphatic rings. The van der Waals surface area contributed by atoms with Crippen molar-refractivity contribution in [3.05, 3.63) is 60.0 Å². The first-order valence-electron chi connectivity index (χ1n) is 7.02. The molecule has 0 saturated carbocycles. The van der Waals surface area contributed by atoms with E-state index >= 15 is 0 Å². The highest BCUT2D eigenvalue weighted by Crippen LogP contribution is 2.15. The molecule has 0 saturated heterocycles. The van der Waals surface area contributed by atoms with Crippen LogP contribution in [0.3, 0.4) is 0 Å². The van der Waals surface area contributed by atoms with Crippen LogP contribution in [0.1, 0.15) is 27.8 Å². The van der Waals surface area contributed by atoms with E-state index in [0.29, 0.717) is 28.3 Å². The van der Waals surface area contributed by atoms with Gasteiger partial charge in [0, 0.05) is 24.9 Å². The summed E-state index contributed by atoms with van der Waals surface area (Å²) in [5.74, 6) is 0.370. The number of pyridine rings is 1. The molecule has 0 radical (unpaired) electrons. The van der Waals surface area contributed by atoms with E-state index in [9.17, 15) is 9.59 Å². The average Bonchev–Trinajstić information content (AvgIpc) is 2.98. The number of imidazole rings is 1. The summed E-state index contributed by atoms with van der Waals surface area (Å²) in [5.41, 5.74) is 2.19. The smallest absolute Gasteiger partial charge is 0.255 e. The fraction of sp³-hybridized carbons (Fsp3) is 0.118. The predicted octanol–water partition coefficient (Wildman–Crippen LogP) is 2.80. The van der Waals surface area contributed by atoms with Gasteiger partial charge < -0.3 is 14.5 Å². The molecular formula is C17H15N3O3. The summed E-state index contributed by atoms with van der Waals surface area (Å²) in [5, 5.41) is 2.81. The van der Waals surface area contributed by atoms with Gasteiger partial charge in [-0.25, -0.2) is 4.98 Å². The van der Waals surface area contributed by atoms with Crippen molar-refractivity contribution in [1.29, 1.82) is 0 Å². The highest BCUT2D eigenvalue weighted by atomic mass is 16.5. The number of carbonyl (C=O) groups excluding carboxylic acids is 2. The third kappa shape index (κ3) is 3.06. The zero-order chi connectivity index (χ0) is 16.4. The van der Waals surface area contributed by atoms with E-state index in [1.165, 1.54) is 6.92 Å². The first kappa shape index (κ1) is 14.8. The number of Topliss-reactive ketones (excluding diaryl/α,β-unsaturated/α-hetero) is 1. The molecule has 0 atom stereocenters. The molecule has 6 heteroatoms. The van der Waals surface area contributed by atoms with Crippen LogP contribution in [0.25, 0.3) is 5.65 Å². The van der Waals surface area contributed by atoms with Gasteiger partial charge in [0.05, 0.1) is 12.8 Å². The maximum atomic E-state index is 12.2. The number of hydrogen-bond acceptors (Lipinski definition) is 4. The van der Waals surface area contributed by atoms with Gasteiger partial charge in [-0.05, 0) is 36.4 Å². The van der Waals surface area contributed by atoms with Crippen molar-refractivity contribution in [1.82, 2.24) is 9.38 Å². The van der Waals surface area contributed by atoms with Gasteiger partial charge in [-0.2, -0.15) is 0 Å². The molecule has 2 heterocycles. The summed E-state index contributed by atoms with van der Waals surface area (Å²) in [7, 11) is 1.57. The van der Waals surface area contributed by atoms with Gasteiger partial charge in [0.25, 0.3) is 5.91 Å². The predicted molar refractivity (Wildman–Crippen MR) is 86.1 cm³/mol. The number of methoxy groups -OCH3 is 1. The zero-order valence-corrected chi connectivity index (χ0v) is 12.7. The van der Waals surface area contributed by atoms with Crippen molar-refractivity contribution in [3.63, 3.8) is 0 Å². The van der Waals surface area contributed by atoms with E-state index in [1.54, 1.807) is 60.3 Å². The molecule has 0 bridgehead atoms. The highest BCUT2D eigenvalue weighted by molar-refractivity contribution is 6.04. The van der Waals surface area contributed by atoms with Crippen LogP contribution < -0.4 is 10.1 Å². The van der Waals surface area contributed by atoms with Crippen LogP contribution in [0.5, 0.6) is 5.75 Å². The van der Waals surface area contributed by atoms with Crippen molar-refractivity contribution >= 4 is 23.0 Å². The average molecular weight is 309 g/mol. The summed E-state index contributed by atoms with van der Waals surface area (Å²) >= 11 is 0.